The first-order valence-corrected chi connectivity index (χ1v) is 15.0. The van der Waals surface area contributed by atoms with Crippen LogP contribution in [0.5, 0.6) is 0 Å². The molecule has 0 atom stereocenters. The van der Waals surface area contributed by atoms with Crippen molar-refractivity contribution in [2.24, 2.45) is 0 Å². The van der Waals surface area contributed by atoms with E-state index in [1.165, 1.54) is 0 Å². The van der Waals surface area contributed by atoms with Crippen molar-refractivity contribution in [2.75, 3.05) is 39.3 Å². The van der Waals surface area contributed by atoms with Crippen LogP contribution in [0.2, 0.25) is 0 Å². The number of hydrogen-bond acceptors (Lipinski definition) is 7. The van der Waals surface area contributed by atoms with E-state index in [4.69, 9.17) is 9.47 Å². The second-order valence-electron chi connectivity index (χ2n) is 13.2. The number of carbonyl (C=O) groups excluding carboxylic acids is 4. The van der Waals surface area contributed by atoms with Gasteiger partial charge in [0, 0.05) is 44.8 Å². The second kappa shape index (κ2) is 14.7. The highest BCUT2D eigenvalue weighted by molar-refractivity contribution is 5.81. The van der Waals surface area contributed by atoms with Crippen LogP contribution in [-0.2, 0) is 25.6 Å². The molecule has 0 saturated carbocycles. The number of amides is 4. The average Bonchev–Trinajstić information content (AvgIpc) is 2.88. The molecule has 0 bridgehead atoms. The van der Waals surface area contributed by atoms with Crippen LogP contribution < -0.4 is 10.6 Å². The maximum Gasteiger partial charge on any atom is 0.410 e. The van der Waals surface area contributed by atoms with Crippen LogP contribution in [0.4, 0.5) is 9.59 Å². The van der Waals surface area contributed by atoms with Gasteiger partial charge >= 0.3 is 12.2 Å². The predicted molar refractivity (Wildman–Crippen MR) is 160 cm³/mol. The molecule has 0 spiro atoms. The molecule has 1 aromatic carbocycles. The first-order chi connectivity index (χ1) is 19.7. The first-order valence-electron chi connectivity index (χ1n) is 15.0. The molecule has 2 saturated heterocycles. The van der Waals surface area contributed by atoms with E-state index in [-0.39, 0.29) is 49.2 Å². The number of ether oxygens (including phenoxy) is 2. The molecule has 2 heterocycles. The number of piperidine rings is 2. The number of carbonyl (C=O) groups is 4. The van der Waals surface area contributed by atoms with Crippen molar-refractivity contribution in [3.8, 4) is 0 Å². The van der Waals surface area contributed by atoms with Gasteiger partial charge in [-0.1, -0.05) is 30.3 Å². The smallest absolute Gasteiger partial charge is 0.410 e. The molecule has 42 heavy (non-hydrogen) atoms. The minimum absolute atomic E-state index is 0.0428. The molecule has 3 rings (SSSR count). The summed E-state index contributed by atoms with van der Waals surface area (Å²) in [5, 5.41) is 6.18. The normalized spacial score (nSPS) is 17.1. The van der Waals surface area contributed by atoms with Crippen LogP contribution in [-0.4, -0.2) is 101 Å². The standard InChI is InChI=1S/C31H49N5O6/c1-30(2,3)41-28(39)35-16-12-24(13-17-35)32-26(37)21-34(20-23-10-8-7-9-11-23)22-27(38)33-25-14-18-36(19-15-25)29(40)42-31(4,5)6/h7-11,24-25H,12-22H2,1-6H3,(H,32,37)(H,33,38). The number of rotatable bonds is 8. The van der Waals surface area contributed by atoms with Crippen LogP contribution in [0, 0.1) is 0 Å². The summed E-state index contributed by atoms with van der Waals surface area (Å²) in [6.07, 6.45) is 1.92. The summed E-state index contributed by atoms with van der Waals surface area (Å²) in [7, 11) is 0. The number of nitrogens with zero attached hydrogens (tertiary/aromatic N) is 3. The molecule has 1 aromatic rings. The lowest BCUT2D eigenvalue weighted by atomic mass is 10.1. The van der Waals surface area contributed by atoms with Crippen LogP contribution in [0.3, 0.4) is 0 Å². The summed E-state index contributed by atoms with van der Waals surface area (Å²) in [6, 6.07) is 9.66. The lowest BCUT2D eigenvalue weighted by Gasteiger charge is -2.34. The van der Waals surface area contributed by atoms with Gasteiger partial charge in [0.2, 0.25) is 11.8 Å². The Kier molecular flexibility index (Phi) is 11.6. The Morgan fingerprint density at radius 3 is 1.45 bits per heavy atom. The fourth-order valence-corrected chi connectivity index (χ4v) is 5.03. The Labute approximate surface area is 250 Å². The van der Waals surface area contributed by atoms with Crippen molar-refractivity contribution in [3.05, 3.63) is 35.9 Å². The van der Waals surface area contributed by atoms with E-state index in [0.717, 1.165) is 5.56 Å². The molecule has 0 unspecified atom stereocenters. The molecule has 11 nitrogen and oxygen atoms in total. The third-order valence-corrected chi connectivity index (χ3v) is 7.01. The van der Waals surface area contributed by atoms with Gasteiger partial charge < -0.3 is 29.9 Å². The monoisotopic (exact) mass is 587 g/mol. The summed E-state index contributed by atoms with van der Waals surface area (Å²) >= 11 is 0. The summed E-state index contributed by atoms with van der Waals surface area (Å²) in [5.74, 6) is -0.305. The highest BCUT2D eigenvalue weighted by Crippen LogP contribution is 2.17. The molecule has 0 radical (unpaired) electrons. The molecule has 4 amide bonds. The predicted octanol–water partition coefficient (Wildman–Crippen LogP) is 3.52. The Hall–Kier alpha value is -3.34. The SMILES string of the molecule is CC(C)(C)OC(=O)N1CCC(NC(=O)CN(CC(=O)NC2CCN(C(=O)OC(C)(C)C)CC2)Cc2ccccc2)CC1. The fraction of sp³-hybridized carbons (Fsp3) is 0.677. The zero-order chi connectivity index (χ0) is 30.9. The molecular weight excluding hydrogens is 538 g/mol. The van der Waals surface area contributed by atoms with E-state index in [1.807, 2.05) is 76.8 Å². The number of benzene rings is 1. The molecular formula is C31H49N5O6. The van der Waals surface area contributed by atoms with Gasteiger partial charge in [-0.2, -0.15) is 0 Å². The van der Waals surface area contributed by atoms with Crippen LogP contribution in [0.1, 0.15) is 72.8 Å². The van der Waals surface area contributed by atoms with Crippen LogP contribution in [0.25, 0.3) is 0 Å². The van der Waals surface area contributed by atoms with E-state index in [1.54, 1.807) is 9.80 Å². The van der Waals surface area contributed by atoms with Gasteiger partial charge in [-0.3, -0.25) is 14.5 Å². The van der Waals surface area contributed by atoms with Crippen molar-refractivity contribution >= 4 is 24.0 Å². The Bertz CT molecular complexity index is 988. The van der Waals surface area contributed by atoms with Gasteiger partial charge in [-0.15, -0.1) is 0 Å². The summed E-state index contributed by atoms with van der Waals surface area (Å²) in [5.41, 5.74) is -0.0864. The molecule has 0 aromatic heterocycles. The van der Waals surface area contributed by atoms with Crippen molar-refractivity contribution in [1.29, 1.82) is 0 Å². The van der Waals surface area contributed by atoms with Crippen molar-refractivity contribution < 1.29 is 28.7 Å². The largest absolute Gasteiger partial charge is 0.444 e. The van der Waals surface area contributed by atoms with Gasteiger partial charge in [0.05, 0.1) is 13.1 Å². The maximum atomic E-state index is 13.0. The van der Waals surface area contributed by atoms with Crippen LogP contribution >= 0.6 is 0 Å². The zero-order valence-corrected chi connectivity index (χ0v) is 26.1. The maximum absolute atomic E-state index is 13.0. The highest BCUT2D eigenvalue weighted by Gasteiger charge is 2.29. The lowest BCUT2D eigenvalue weighted by Crippen LogP contribution is -2.51. The first kappa shape index (κ1) is 33.2. The van der Waals surface area contributed by atoms with Gasteiger partial charge in [0.25, 0.3) is 0 Å². The third kappa shape index (κ3) is 11.9. The average molecular weight is 588 g/mol. The molecule has 2 N–H and O–H groups in total. The highest BCUT2D eigenvalue weighted by atomic mass is 16.6. The van der Waals surface area contributed by atoms with E-state index >= 15 is 0 Å². The van der Waals surface area contributed by atoms with Gasteiger partial charge in [0.15, 0.2) is 0 Å². The molecule has 0 aliphatic carbocycles. The van der Waals surface area contributed by atoms with Crippen molar-refractivity contribution in [3.63, 3.8) is 0 Å². The topological polar surface area (TPSA) is 121 Å². The van der Waals surface area contributed by atoms with E-state index in [2.05, 4.69) is 10.6 Å². The van der Waals surface area contributed by atoms with E-state index in [9.17, 15) is 19.2 Å². The van der Waals surface area contributed by atoms with Crippen molar-refractivity contribution in [2.45, 2.75) is 97.1 Å². The summed E-state index contributed by atoms with van der Waals surface area (Å²) < 4.78 is 10.9. The Balaban J connectivity index is 1.48. The lowest BCUT2D eigenvalue weighted by molar-refractivity contribution is -0.126. The third-order valence-electron chi connectivity index (χ3n) is 7.01. The minimum Gasteiger partial charge on any atom is -0.444 e. The number of likely N-dealkylation sites (tertiary alicyclic amines) is 2. The summed E-state index contributed by atoms with van der Waals surface area (Å²) in [4.78, 5) is 56.0. The Morgan fingerprint density at radius 2 is 1.10 bits per heavy atom. The fourth-order valence-electron chi connectivity index (χ4n) is 5.03. The van der Waals surface area contributed by atoms with E-state index < -0.39 is 11.2 Å². The molecule has 234 valence electrons. The number of hydrogen-bond donors (Lipinski definition) is 2. The zero-order valence-electron chi connectivity index (χ0n) is 26.1. The second-order valence-corrected chi connectivity index (χ2v) is 13.2. The summed E-state index contributed by atoms with van der Waals surface area (Å²) in [6.45, 7) is 13.7. The molecule has 2 aliphatic rings. The molecule has 11 heteroatoms. The van der Waals surface area contributed by atoms with E-state index in [0.29, 0.717) is 58.4 Å². The van der Waals surface area contributed by atoms with Gasteiger partial charge in [-0.05, 0) is 72.8 Å². The van der Waals surface area contributed by atoms with Crippen molar-refractivity contribution in [1.82, 2.24) is 25.3 Å². The molecule has 2 fully saturated rings. The van der Waals surface area contributed by atoms with Gasteiger partial charge in [0.1, 0.15) is 11.2 Å². The number of nitrogens with one attached hydrogen (secondary N) is 2. The molecule has 2 aliphatic heterocycles. The quantitative estimate of drug-likeness (QED) is 0.478. The Morgan fingerprint density at radius 1 is 0.714 bits per heavy atom. The van der Waals surface area contributed by atoms with Crippen LogP contribution in [0.15, 0.2) is 30.3 Å². The minimum atomic E-state index is -0.548. The van der Waals surface area contributed by atoms with Gasteiger partial charge in [-0.25, -0.2) is 9.59 Å².